The van der Waals surface area contributed by atoms with Gasteiger partial charge in [0.2, 0.25) is 10.0 Å². The third kappa shape index (κ3) is 3.86. The van der Waals surface area contributed by atoms with E-state index in [1.807, 2.05) is 0 Å². The van der Waals surface area contributed by atoms with Crippen LogP contribution >= 0.6 is 15.9 Å². The molecule has 1 atom stereocenters. The topological polar surface area (TPSA) is 74.7 Å². The number of carbonyl (C=O) groups is 1. The highest BCUT2D eigenvalue weighted by atomic mass is 79.9. The van der Waals surface area contributed by atoms with Crippen LogP contribution in [0.2, 0.25) is 0 Å². The number of carboxylic acid groups (broad SMARTS) is 1. The molecule has 0 radical (unpaired) electrons. The van der Waals surface area contributed by atoms with Crippen molar-refractivity contribution in [3.8, 4) is 0 Å². The monoisotopic (exact) mass is 415 g/mol. The van der Waals surface area contributed by atoms with Crippen molar-refractivity contribution in [1.29, 1.82) is 0 Å². The van der Waals surface area contributed by atoms with E-state index in [0.717, 1.165) is 10.4 Å². The minimum atomic E-state index is -4.58. The van der Waals surface area contributed by atoms with Gasteiger partial charge in [0.1, 0.15) is 0 Å². The summed E-state index contributed by atoms with van der Waals surface area (Å²) in [4.78, 5) is 10.7. The van der Waals surface area contributed by atoms with E-state index in [0.29, 0.717) is 25.0 Å². The number of nitrogens with zero attached hydrogens (tertiary/aromatic N) is 1. The summed E-state index contributed by atoms with van der Waals surface area (Å²) in [6.45, 7) is -0.0509. The number of rotatable bonds is 3. The molecule has 1 fully saturated rings. The van der Waals surface area contributed by atoms with E-state index >= 15 is 0 Å². The fraction of sp³-hybridized carbons (Fsp3) is 0.462. The van der Waals surface area contributed by atoms with Crippen LogP contribution < -0.4 is 0 Å². The summed E-state index contributed by atoms with van der Waals surface area (Å²) in [7, 11) is -4.07. The van der Waals surface area contributed by atoms with Crippen LogP contribution in [0.15, 0.2) is 27.6 Å². The van der Waals surface area contributed by atoms with Crippen LogP contribution in [0.3, 0.4) is 0 Å². The molecule has 0 aliphatic carbocycles. The van der Waals surface area contributed by atoms with Crippen molar-refractivity contribution in [3.05, 3.63) is 28.2 Å². The number of alkyl halides is 3. The summed E-state index contributed by atoms with van der Waals surface area (Å²) in [6.07, 6.45) is -3.83. The largest absolute Gasteiger partial charge is 0.481 e. The number of halogens is 4. The third-order valence-corrected chi connectivity index (χ3v) is 6.45. The normalized spacial score (nSPS) is 20.4. The molecule has 1 N–H and O–H groups in total. The Hall–Kier alpha value is -1.13. The van der Waals surface area contributed by atoms with Gasteiger partial charge < -0.3 is 5.11 Å². The van der Waals surface area contributed by atoms with E-state index in [4.69, 9.17) is 5.11 Å². The fourth-order valence-electron chi connectivity index (χ4n) is 2.39. The summed E-state index contributed by atoms with van der Waals surface area (Å²) in [5.41, 5.74) is -0.967. The highest BCUT2D eigenvalue weighted by molar-refractivity contribution is 9.10. The second kappa shape index (κ2) is 6.40. The lowest BCUT2D eigenvalue weighted by atomic mass is 10.0. The average molecular weight is 416 g/mol. The van der Waals surface area contributed by atoms with Crippen molar-refractivity contribution in [1.82, 2.24) is 4.31 Å². The number of carboxylic acids is 1. The van der Waals surface area contributed by atoms with Crippen LogP contribution in [0.5, 0.6) is 0 Å². The zero-order valence-electron chi connectivity index (χ0n) is 11.7. The molecule has 1 saturated heterocycles. The van der Waals surface area contributed by atoms with Gasteiger partial charge in [-0.05, 0) is 47.0 Å². The molecule has 128 valence electrons. The van der Waals surface area contributed by atoms with Gasteiger partial charge in [0, 0.05) is 17.6 Å². The minimum absolute atomic E-state index is 0.138. The zero-order chi connectivity index (χ0) is 17.4. The molecule has 23 heavy (non-hydrogen) atoms. The van der Waals surface area contributed by atoms with E-state index in [1.165, 1.54) is 0 Å². The Labute approximate surface area is 139 Å². The van der Waals surface area contributed by atoms with Crippen molar-refractivity contribution >= 4 is 31.9 Å². The molecule has 1 heterocycles. The van der Waals surface area contributed by atoms with Crippen LogP contribution in [-0.2, 0) is 21.0 Å². The summed E-state index contributed by atoms with van der Waals surface area (Å²) in [6, 6.07) is 2.27. The molecule has 0 amide bonds. The Bertz CT molecular complexity index is 720. The van der Waals surface area contributed by atoms with E-state index in [-0.39, 0.29) is 22.5 Å². The summed E-state index contributed by atoms with van der Waals surface area (Å²) in [5, 5.41) is 9.02. The maximum Gasteiger partial charge on any atom is 0.416 e. The Morgan fingerprint density at radius 3 is 2.52 bits per heavy atom. The first-order valence-electron chi connectivity index (χ1n) is 6.63. The minimum Gasteiger partial charge on any atom is -0.481 e. The highest BCUT2D eigenvalue weighted by Crippen LogP contribution is 2.35. The number of aliphatic carboxylic acids is 1. The van der Waals surface area contributed by atoms with Crippen LogP contribution in [0.4, 0.5) is 13.2 Å². The Morgan fingerprint density at radius 1 is 1.35 bits per heavy atom. The summed E-state index contributed by atoms with van der Waals surface area (Å²) in [5.74, 6) is -1.90. The first-order chi connectivity index (χ1) is 10.5. The first kappa shape index (κ1) is 18.2. The fourth-order valence-corrected chi connectivity index (χ4v) is 4.95. The first-order valence-corrected chi connectivity index (χ1v) is 8.86. The van der Waals surface area contributed by atoms with Gasteiger partial charge in [-0.25, -0.2) is 8.42 Å². The second-order valence-electron chi connectivity index (χ2n) is 5.18. The molecule has 1 aromatic rings. The number of hydrogen-bond donors (Lipinski definition) is 1. The molecule has 2 rings (SSSR count). The number of piperidine rings is 1. The Kier molecular flexibility index (Phi) is 5.07. The van der Waals surface area contributed by atoms with Crippen molar-refractivity contribution in [2.45, 2.75) is 23.9 Å². The molecule has 1 aliphatic rings. The van der Waals surface area contributed by atoms with Gasteiger partial charge in [-0.15, -0.1) is 0 Å². The maximum absolute atomic E-state index is 12.6. The van der Waals surface area contributed by atoms with Gasteiger partial charge in [-0.3, -0.25) is 4.79 Å². The van der Waals surface area contributed by atoms with Crippen molar-refractivity contribution in [2.24, 2.45) is 5.92 Å². The smallest absolute Gasteiger partial charge is 0.416 e. The molecule has 1 aliphatic heterocycles. The van der Waals surface area contributed by atoms with Gasteiger partial charge in [0.25, 0.3) is 0 Å². The van der Waals surface area contributed by atoms with Gasteiger partial charge in [-0.1, -0.05) is 0 Å². The van der Waals surface area contributed by atoms with E-state index in [9.17, 15) is 26.4 Å². The number of sulfonamides is 1. The van der Waals surface area contributed by atoms with Crippen LogP contribution in [0.25, 0.3) is 0 Å². The molecule has 10 heteroatoms. The van der Waals surface area contributed by atoms with Crippen molar-refractivity contribution in [2.75, 3.05) is 13.1 Å². The molecular formula is C13H13BrF3NO4S. The van der Waals surface area contributed by atoms with E-state index in [2.05, 4.69) is 15.9 Å². The highest BCUT2D eigenvalue weighted by Gasteiger charge is 2.36. The van der Waals surface area contributed by atoms with E-state index in [1.54, 1.807) is 0 Å². The molecule has 0 aromatic heterocycles. The molecule has 0 bridgehead atoms. The number of hydrogen-bond acceptors (Lipinski definition) is 3. The summed E-state index contributed by atoms with van der Waals surface area (Å²) < 4.78 is 63.9. The predicted molar refractivity (Wildman–Crippen MR) is 78.3 cm³/mol. The quantitative estimate of drug-likeness (QED) is 0.823. The molecule has 1 aromatic carbocycles. The second-order valence-corrected chi connectivity index (χ2v) is 7.94. The van der Waals surface area contributed by atoms with Crippen molar-refractivity contribution < 1.29 is 31.5 Å². The number of benzene rings is 1. The summed E-state index contributed by atoms with van der Waals surface area (Å²) >= 11 is 2.86. The van der Waals surface area contributed by atoms with Gasteiger partial charge in [0.15, 0.2) is 0 Å². The van der Waals surface area contributed by atoms with E-state index < -0.39 is 33.7 Å². The van der Waals surface area contributed by atoms with Crippen LogP contribution in [0.1, 0.15) is 18.4 Å². The molecule has 0 spiro atoms. The molecule has 1 unspecified atom stereocenters. The van der Waals surface area contributed by atoms with Crippen LogP contribution in [0, 0.1) is 5.92 Å². The van der Waals surface area contributed by atoms with Gasteiger partial charge in [0.05, 0.1) is 16.4 Å². The molecule has 0 saturated carbocycles. The zero-order valence-corrected chi connectivity index (χ0v) is 14.1. The standard InChI is InChI=1S/C13H13BrF3NO4S/c14-10-6-9(13(15,16)17)3-4-11(10)23(21,22)18-5-1-2-8(7-18)12(19)20/h3-4,6,8H,1-2,5,7H2,(H,19,20). The van der Waals surface area contributed by atoms with Crippen molar-refractivity contribution in [3.63, 3.8) is 0 Å². The lowest BCUT2D eigenvalue weighted by Gasteiger charge is -2.30. The molecular weight excluding hydrogens is 403 g/mol. The predicted octanol–water partition coefficient (Wildman–Crippen LogP) is 2.95. The molecule has 5 nitrogen and oxygen atoms in total. The Morgan fingerprint density at radius 2 is 2.00 bits per heavy atom. The van der Waals surface area contributed by atoms with Gasteiger partial charge in [-0.2, -0.15) is 17.5 Å². The van der Waals surface area contributed by atoms with Crippen LogP contribution in [-0.4, -0.2) is 36.9 Å². The SMILES string of the molecule is O=C(O)C1CCCN(S(=O)(=O)c2ccc(C(F)(F)F)cc2Br)C1. The lowest BCUT2D eigenvalue weighted by molar-refractivity contribution is -0.143. The Balaban J connectivity index is 2.34. The van der Waals surface area contributed by atoms with Gasteiger partial charge >= 0.3 is 12.1 Å². The average Bonchev–Trinajstić information content (AvgIpc) is 2.46. The lowest BCUT2D eigenvalue weighted by Crippen LogP contribution is -2.42. The maximum atomic E-state index is 12.6. The third-order valence-electron chi connectivity index (χ3n) is 3.61.